The average Bonchev–Trinajstić information content (AvgIpc) is 2.45. The molecule has 0 aliphatic heterocycles. The van der Waals surface area contributed by atoms with E-state index in [2.05, 4.69) is 17.2 Å². The molecule has 3 rings (SSSR count). The zero-order chi connectivity index (χ0) is 14.5. The second-order valence-electron chi connectivity index (χ2n) is 5.31. The van der Waals surface area contributed by atoms with E-state index in [1.807, 2.05) is 54.6 Å². The number of benzene rings is 2. The Morgan fingerprint density at radius 2 is 1.67 bits per heavy atom. The molecule has 104 valence electrons. The molecule has 0 saturated heterocycles. The van der Waals surface area contributed by atoms with Gasteiger partial charge in [0.2, 0.25) is 5.91 Å². The second-order valence-corrected chi connectivity index (χ2v) is 5.31. The zero-order valence-corrected chi connectivity index (χ0v) is 11.8. The monoisotopic (exact) mass is 275 g/mol. The summed E-state index contributed by atoms with van der Waals surface area (Å²) in [5.74, 6) is 6.59. The van der Waals surface area contributed by atoms with Gasteiger partial charge in [-0.15, -0.1) is 0 Å². The maximum atomic E-state index is 11.9. The molecule has 1 aliphatic carbocycles. The van der Waals surface area contributed by atoms with Gasteiger partial charge in [-0.2, -0.15) is 0 Å². The molecule has 1 fully saturated rings. The first-order chi connectivity index (χ1) is 10.3. The molecule has 0 radical (unpaired) electrons. The van der Waals surface area contributed by atoms with E-state index < -0.39 is 0 Å². The van der Waals surface area contributed by atoms with Gasteiger partial charge in [-0.05, 0) is 43.2 Å². The van der Waals surface area contributed by atoms with Crippen LogP contribution in [0.15, 0.2) is 54.6 Å². The van der Waals surface area contributed by atoms with Crippen molar-refractivity contribution in [2.45, 2.75) is 19.3 Å². The highest BCUT2D eigenvalue weighted by Crippen LogP contribution is 2.27. The minimum Gasteiger partial charge on any atom is -0.326 e. The van der Waals surface area contributed by atoms with Crippen LogP contribution in [-0.4, -0.2) is 5.91 Å². The molecule has 1 saturated carbocycles. The van der Waals surface area contributed by atoms with Crippen molar-refractivity contribution >= 4 is 11.6 Å². The summed E-state index contributed by atoms with van der Waals surface area (Å²) in [7, 11) is 0. The molecule has 2 aromatic carbocycles. The zero-order valence-electron chi connectivity index (χ0n) is 11.8. The van der Waals surface area contributed by atoms with Gasteiger partial charge in [0, 0.05) is 22.7 Å². The molecular formula is C19H17NO. The number of amides is 1. The maximum absolute atomic E-state index is 11.9. The first-order valence-electron chi connectivity index (χ1n) is 7.29. The predicted octanol–water partition coefficient (Wildman–Crippen LogP) is 3.83. The average molecular weight is 275 g/mol. The Bertz CT molecular complexity index is 690. The third kappa shape index (κ3) is 3.52. The van der Waals surface area contributed by atoms with Crippen molar-refractivity contribution in [1.29, 1.82) is 0 Å². The molecule has 0 unspecified atom stereocenters. The van der Waals surface area contributed by atoms with Gasteiger partial charge in [-0.25, -0.2) is 0 Å². The predicted molar refractivity (Wildman–Crippen MR) is 84.8 cm³/mol. The molecule has 2 nitrogen and oxygen atoms in total. The van der Waals surface area contributed by atoms with Crippen LogP contribution in [-0.2, 0) is 4.79 Å². The van der Waals surface area contributed by atoms with Crippen LogP contribution in [0.1, 0.15) is 30.4 Å². The van der Waals surface area contributed by atoms with Crippen LogP contribution in [0.4, 0.5) is 5.69 Å². The van der Waals surface area contributed by atoms with Crippen LogP contribution in [0.5, 0.6) is 0 Å². The number of carbonyl (C=O) groups excluding carboxylic acids is 1. The summed E-state index contributed by atoms with van der Waals surface area (Å²) in [6.07, 6.45) is 3.19. The van der Waals surface area contributed by atoms with Crippen molar-refractivity contribution in [3.63, 3.8) is 0 Å². The topological polar surface area (TPSA) is 29.1 Å². The quantitative estimate of drug-likeness (QED) is 0.829. The van der Waals surface area contributed by atoms with Crippen LogP contribution in [0, 0.1) is 17.8 Å². The highest BCUT2D eigenvalue weighted by Gasteiger charge is 2.24. The van der Waals surface area contributed by atoms with E-state index in [-0.39, 0.29) is 11.8 Å². The van der Waals surface area contributed by atoms with E-state index in [1.54, 1.807) is 0 Å². The third-order valence-electron chi connectivity index (χ3n) is 3.73. The molecule has 0 spiro atoms. The van der Waals surface area contributed by atoms with Crippen molar-refractivity contribution in [1.82, 2.24) is 0 Å². The highest BCUT2D eigenvalue weighted by molar-refractivity contribution is 5.93. The molecule has 1 aliphatic rings. The van der Waals surface area contributed by atoms with Crippen molar-refractivity contribution in [3.05, 3.63) is 65.7 Å². The fourth-order valence-electron chi connectivity index (χ4n) is 2.26. The van der Waals surface area contributed by atoms with Crippen LogP contribution in [0.3, 0.4) is 0 Å². The van der Waals surface area contributed by atoms with Gasteiger partial charge in [0.05, 0.1) is 0 Å². The number of hydrogen-bond acceptors (Lipinski definition) is 1. The Kier molecular flexibility index (Phi) is 4.02. The van der Waals surface area contributed by atoms with Gasteiger partial charge in [0.15, 0.2) is 0 Å². The lowest BCUT2D eigenvalue weighted by atomic mass is 9.85. The van der Waals surface area contributed by atoms with Crippen molar-refractivity contribution in [3.8, 4) is 11.8 Å². The van der Waals surface area contributed by atoms with Crippen LogP contribution in [0.2, 0.25) is 0 Å². The third-order valence-corrected chi connectivity index (χ3v) is 3.73. The van der Waals surface area contributed by atoms with Crippen molar-refractivity contribution in [2.24, 2.45) is 5.92 Å². The van der Waals surface area contributed by atoms with Crippen LogP contribution >= 0.6 is 0 Å². The van der Waals surface area contributed by atoms with Gasteiger partial charge in [0.1, 0.15) is 0 Å². The molecule has 1 amide bonds. The lowest BCUT2D eigenvalue weighted by Gasteiger charge is -2.24. The smallest absolute Gasteiger partial charge is 0.227 e. The normalized spacial score (nSPS) is 13.7. The van der Waals surface area contributed by atoms with Gasteiger partial charge in [0.25, 0.3) is 0 Å². The summed E-state index contributed by atoms with van der Waals surface area (Å²) >= 11 is 0. The fourth-order valence-corrected chi connectivity index (χ4v) is 2.26. The van der Waals surface area contributed by atoms with Gasteiger partial charge < -0.3 is 5.32 Å². The van der Waals surface area contributed by atoms with Crippen molar-refractivity contribution < 1.29 is 4.79 Å². The maximum Gasteiger partial charge on any atom is 0.227 e. The summed E-state index contributed by atoms with van der Waals surface area (Å²) in [4.78, 5) is 11.9. The van der Waals surface area contributed by atoms with E-state index in [1.165, 1.54) is 6.42 Å². The number of hydrogen-bond donors (Lipinski definition) is 1. The lowest BCUT2D eigenvalue weighted by molar-refractivity contribution is -0.122. The lowest BCUT2D eigenvalue weighted by Crippen LogP contribution is -2.28. The van der Waals surface area contributed by atoms with E-state index in [0.29, 0.717) is 0 Å². The van der Waals surface area contributed by atoms with Crippen LogP contribution < -0.4 is 5.32 Å². The molecular weight excluding hydrogens is 258 g/mol. The van der Waals surface area contributed by atoms with E-state index >= 15 is 0 Å². The van der Waals surface area contributed by atoms with E-state index in [0.717, 1.165) is 29.7 Å². The summed E-state index contributed by atoms with van der Waals surface area (Å²) in [6, 6.07) is 17.6. The largest absolute Gasteiger partial charge is 0.326 e. The minimum atomic E-state index is 0.134. The minimum absolute atomic E-state index is 0.134. The first kappa shape index (κ1) is 13.5. The van der Waals surface area contributed by atoms with Crippen LogP contribution in [0.25, 0.3) is 0 Å². The SMILES string of the molecule is O=C(Nc1cccc(C#Cc2ccccc2)c1)C1CCC1. The molecule has 2 aromatic rings. The van der Waals surface area contributed by atoms with E-state index in [4.69, 9.17) is 0 Å². The first-order valence-corrected chi connectivity index (χ1v) is 7.29. The number of carbonyl (C=O) groups is 1. The summed E-state index contributed by atoms with van der Waals surface area (Å²) in [5, 5.41) is 2.98. The Balaban J connectivity index is 1.71. The molecule has 21 heavy (non-hydrogen) atoms. The number of anilines is 1. The van der Waals surface area contributed by atoms with Gasteiger partial charge >= 0.3 is 0 Å². The Hall–Kier alpha value is -2.53. The fraction of sp³-hybridized carbons (Fsp3) is 0.211. The summed E-state index contributed by atoms with van der Waals surface area (Å²) < 4.78 is 0. The Morgan fingerprint density at radius 3 is 2.38 bits per heavy atom. The van der Waals surface area contributed by atoms with Crippen molar-refractivity contribution in [2.75, 3.05) is 5.32 Å². The molecule has 0 atom stereocenters. The molecule has 0 bridgehead atoms. The summed E-state index contributed by atoms with van der Waals surface area (Å²) in [6.45, 7) is 0. The van der Waals surface area contributed by atoms with E-state index in [9.17, 15) is 4.79 Å². The Labute approximate surface area is 125 Å². The second kappa shape index (κ2) is 6.28. The standard InChI is InChI=1S/C19H17NO/c21-19(17-9-5-10-17)20-18-11-4-8-16(14-18)13-12-15-6-2-1-3-7-15/h1-4,6-8,11,14,17H,5,9-10H2,(H,20,21). The number of nitrogens with one attached hydrogen (secondary N) is 1. The number of rotatable bonds is 2. The molecule has 1 N–H and O–H groups in total. The highest BCUT2D eigenvalue weighted by atomic mass is 16.1. The molecule has 2 heteroatoms. The summed E-state index contributed by atoms with van der Waals surface area (Å²) in [5.41, 5.74) is 2.72. The Morgan fingerprint density at radius 1 is 0.952 bits per heavy atom. The van der Waals surface area contributed by atoms with Gasteiger partial charge in [-0.3, -0.25) is 4.79 Å². The van der Waals surface area contributed by atoms with Gasteiger partial charge in [-0.1, -0.05) is 42.5 Å². The molecule has 0 heterocycles. The molecule has 0 aromatic heterocycles.